The first-order valence-electron chi connectivity index (χ1n) is 12.4. The van der Waals surface area contributed by atoms with Gasteiger partial charge in [-0.3, -0.25) is 0 Å². The van der Waals surface area contributed by atoms with E-state index in [0.717, 1.165) is 31.1 Å². The van der Waals surface area contributed by atoms with E-state index in [2.05, 4.69) is 13.5 Å². The molecule has 0 N–H and O–H groups in total. The summed E-state index contributed by atoms with van der Waals surface area (Å²) in [5.74, 6) is -0.754. The molecular weight excluding hydrogens is 409 g/mol. The third kappa shape index (κ3) is 4.70. The minimum Gasteiger partial charge on any atom is -0.486 e. The van der Waals surface area contributed by atoms with Crippen LogP contribution in [0, 0.1) is 35.2 Å². The maximum absolute atomic E-state index is 15.1. The van der Waals surface area contributed by atoms with Crippen molar-refractivity contribution >= 4 is 10.8 Å². The fraction of sp³-hybridized carbons (Fsp3) is 0.571. The number of hydrogen-bond donors (Lipinski definition) is 0. The second-order valence-corrected chi connectivity index (χ2v) is 9.87. The van der Waals surface area contributed by atoms with Crippen molar-refractivity contribution in [3.8, 4) is 5.75 Å². The van der Waals surface area contributed by atoms with E-state index in [4.69, 9.17) is 4.74 Å². The Morgan fingerprint density at radius 2 is 1.75 bits per heavy atom. The molecule has 2 aliphatic rings. The first kappa shape index (κ1) is 23.2. The Balaban J connectivity index is 1.51. The average molecular weight is 445 g/mol. The van der Waals surface area contributed by atoms with Gasteiger partial charge in [0.2, 0.25) is 0 Å². The molecule has 0 aliphatic heterocycles. The Bertz CT molecular complexity index is 954. The smallest absolute Gasteiger partial charge is 0.175 e. The van der Waals surface area contributed by atoms with Crippen LogP contribution in [0.15, 0.2) is 30.9 Å². The lowest BCUT2D eigenvalue weighted by atomic mass is 9.63. The second-order valence-electron chi connectivity index (χ2n) is 9.87. The molecule has 2 aliphatic carbocycles. The molecule has 32 heavy (non-hydrogen) atoms. The summed E-state index contributed by atoms with van der Waals surface area (Å²) in [4.78, 5) is 0. The van der Waals surface area contributed by atoms with Crippen molar-refractivity contribution < 1.29 is 17.9 Å². The van der Waals surface area contributed by atoms with Gasteiger partial charge in [0, 0.05) is 0 Å². The zero-order valence-corrected chi connectivity index (χ0v) is 19.1. The van der Waals surface area contributed by atoms with E-state index >= 15 is 8.78 Å². The molecule has 174 valence electrons. The second kappa shape index (κ2) is 10.3. The highest BCUT2D eigenvalue weighted by Crippen LogP contribution is 2.49. The molecule has 4 rings (SSSR count). The van der Waals surface area contributed by atoms with Crippen LogP contribution in [0.25, 0.3) is 10.8 Å². The van der Waals surface area contributed by atoms with Crippen LogP contribution in [-0.4, -0.2) is 6.61 Å². The molecule has 4 heteroatoms. The van der Waals surface area contributed by atoms with Gasteiger partial charge in [-0.15, -0.1) is 0 Å². The summed E-state index contributed by atoms with van der Waals surface area (Å²) in [5.41, 5.74) is 0.415. The first-order chi connectivity index (χ1) is 15.5. The lowest BCUT2D eigenvalue weighted by Gasteiger charge is -2.42. The third-order valence-electron chi connectivity index (χ3n) is 7.85. The third-order valence-corrected chi connectivity index (χ3v) is 7.85. The highest BCUT2D eigenvalue weighted by atomic mass is 19.2. The van der Waals surface area contributed by atoms with Gasteiger partial charge in [0.1, 0.15) is 6.61 Å². The van der Waals surface area contributed by atoms with E-state index in [9.17, 15) is 4.39 Å². The predicted molar refractivity (Wildman–Crippen MR) is 125 cm³/mol. The SMILES string of the molecule is C=CCOc1ccc2cc(C3CCC4CC(CCCCC)CCC4C3)c(F)c(F)c2c1F. The Labute approximate surface area is 190 Å². The molecule has 0 heterocycles. The molecular formula is C28H35F3O. The van der Waals surface area contributed by atoms with Crippen LogP contribution >= 0.6 is 0 Å². The van der Waals surface area contributed by atoms with Gasteiger partial charge >= 0.3 is 0 Å². The molecule has 2 aromatic rings. The Hall–Kier alpha value is -1.97. The molecule has 0 radical (unpaired) electrons. The molecule has 0 spiro atoms. The summed E-state index contributed by atoms with van der Waals surface area (Å²) in [6, 6.07) is 4.77. The summed E-state index contributed by atoms with van der Waals surface area (Å²) in [6.07, 6.45) is 13.4. The van der Waals surface area contributed by atoms with E-state index in [1.807, 2.05) is 0 Å². The zero-order valence-electron chi connectivity index (χ0n) is 19.1. The van der Waals surface area contributed by atoms with Crippen molar-refractivity contribution in [3.63, 3.8) is 0 Å². The number of hydrogen-bond acceptors (Lipinski definition) is 1. The zero-order chi connectivity index (χ0) is 22.7. The van der Waals surface area contributed by atoms with Gasteiger partial charge in [-0.25, -0.2) is 13.2 Å². The van der Waals surface area contributed by atoms with Crippen LogP contribution in [-0.2, 0) is 0 Å². The maximum Gasteiger partial charge on any atom is 0.175 e. The molecule has 0 aromatic heterocycles. The maximum atomic E-state index is 15.1. The summed E-state index contributed by atoms with van der Waals surface area (Å²) in [5, 5.41) is 0.0678. The van der Waals surface area contributed by atoms with E-state index < -0.39 is 17.5 Å². The quantitative estimate of drug-likeness (QED) is 0.292. The summed E-state index contributed by atoms with van der Waals surface area (Å²) >= 11 is 0. The summed E-state index contributed by atoms with van der Waals surface area (Å²) in [7, 11) is 0. The Morgan fingerprint density at radius 3 is 2.53 bits per heavy atom. The molecule has 0 bridgehead atoms. The van der Waals surface area contributed by atoms with Crippen LogP contribution in [0.1, 0.15) is 82.6 Å². The fourth-order valence-corrected chi connectivity index (χ4v) is 6.15. The van der Waals surface area contributed by atoms with Crippen LogP contribution < -0.4 is 4.74 Å². The van der Waals surface area contributed by atoms with Gasteiger partial charge in [0.15, 0.2) is 23.2 Å². The Morgan fingerprint density at radius 1 is 0.969 bits per heavy atom. The number of benzene rings is 2. The van der Waals surface area contributed by atoms with Gasteiger partial charge in [0.05, 0.1) is 5.39 Å². The van der Waals surface area contributed by atoms with Crippen LogP contribution in [0.3, 0.4) is 0 Å². The summed E-state index contributed by atoms with van der Waals surface area (Å²) in [6.45, 7) is 5.88. The van der Waals surface area contributed by atoms with Crippen LogP contribution in [0.2, 0.25) is 0 Å². The van der Waals surface area contributed by atoms with Crippen molar-refractivity contribution in [1.29, 1.82) is 0 Å². The standard InChI is InChI=1S/C28H35F3O/c1-3-5-6-7-18-8-9-20-16-21(11-10-19(20)15-18)23-17-22-12-13-24(32-14-4-2)27(30)25(22)28(31)26(23)29/h4,12-13,17-21H,2-3,5-11,14-16H2,1H3. The van der Waals surface area contributed by atoms with Gasteiger partial charge in [-0.05, 0) is 78.9 Å². The number of ether oxygens (including phenoxy) is 1. The van der Waals surface area contributed by atoms with E-state index in [1.165, 1.54) is 57.1 Å². The largest absolute Gasteiger partial charge is 0.486 e. The minimum absolute atomic E-state index is 0.00606. The molecule has 1 nitrogen and oxygen atoms in total. The lowest BCUT2D eigenvalue weighted by Crippen LogP contribution is -2.30. The fourth-order valence-electron chi connectivity index (χ4n) is 6.15. The van der Waals surface area contributed by atoms with Crippen molar-refractivity contribution in [3.05, 3.63) is 53.9 Å². The molecule has 0 amide bonds. The number of fused-ring (bicyclic) bond motifs is 2. The molecule has 0 saturated heterocycles. The van der Waals surface area contributed by atoms with E-state index in [1.54, 1.807) is 12.1 Å². The molecule has 2 fully saturated rings. The van der Waals surface area contributed by atoms with E-state index in [-0.39, 0.29) is 23.7 Å². The van der Waals surface area contributed by atoms with Crippen molar-refractivity contribution in [1.82, 2.24) is 0 Å². The minimum atomic E-state index is -1.10. The summed E-state index contributed by atoms with van der Waals surface area (Å²) < 4.78 is 50.2. The highest BCUT2D eigenvalue weighted by molar-refractivity contribution is 5.86. The predicted octanol–water partition coefficient (Wildman–Crippen LogP) is 8.70. The lowest BCUT2D eigenvalue weighted by molar-refractivity contribution is 0.112. The van der Waals surface area contributed by atoms with Gasteiger partial charge in [0.25, 0.3) is 0 Å². The van der Waals surface area contributed by atoms with Crippen molar-refractivity contribution in [2.75, 3.05) is 6.61 Å². The molecule has 4 atom stereocenters. The molecule has 2 aromatic carbocycles. The average Bonchev–Trinajstić information content (AvgIpc) is 2.80. The highest BCUT2D eigenvalue weighted by Gasteiger charge is 2.37. The Kier molecular flexibility index (Phi) is 7.48. The van der Waals surface area contributed by atoms with Gasteiger partial charge in [-0.2, -0.15) is 0 Å². The topological polar surface area (TPSA) is 9.23 Å². The monoisotopic (exact) mass is 444 g/mol. The van der Waals surface area contributed by atoms with E-state index in [0.29, 0.717) is 16.9 Å². The van der Waals surface area contributed by atoms with Crippen molar-refractivity contribution in [2.24, 2.45) is 17.8 Å². The van der Waals surface area contributed by atoms with Gasteiger partial charge in [-0.1, -0.05) is 57.7 Å². The molecule has 4 unspecified atom stereocenters. The van der Waals surface area contributed by atoms with Crippen LogP contribution in [0.4, 0.5) is 13.2 Å². The normalized spacial score (nSPS) is 25.5. The number of rotatable bonds is 8. The molecule has 2 saturated carbocycles. The van der Waals surface area contributed by atoms with Crippen molar-refractivity contribution in [2.45, 2.75) is 77.0 Å². The number of unbranched alkanes of at least 4 members (excludes halogenated alkanes) is 2. The van der Waals surface area contributed by atoms with Gasteiger partial charge < -0.3 is 4.74 Å². The number of halogens is 3. The van der Waals surface area contributed by atoms with Crippen LogP contribution in [0.5, 0.6) is 5.75 Å². The first-order valence-corrected chi connectivity index (χ1v) is 12.4.